The molecule has 0 bridgehead atoms. The number of para-hydroxylation sites is 4. The molecule has 0 N–H and O–H groups in total. The van der Waals surface area contributed by atoms with Crippen LogP contribution in [0.4, 0.5) is 34.1 Å². The average molecular weight is 871 g/mol. The molecule has 0 heterocycles. The maximum Gasteiger partial charge on any atom is 0.119 e. The van der Waals surface area contributed by atoms with Crippen LogP contribution in [0.1, 0.15) is 85.9 Å². The van der Waals surface area contributed by atoms with Crippen LogP contribution >= 0.6 is 0 Å². The molecule has 0 fully saturated rings. The van der Waals surface area contributed by atoms with Crippen molar-refractivity contribution in [3.63, 3.8) is 0 Å². The zero-order valence-electron chi connectivity index (χ0n) is 39.2. The number of fused-ring (bicyclic) bond motifs is 3. The highest BCUT2D eigenvalue weighted by Gasteiger charge is 2.47. The lowest BCUT2D eigenvalue weighted by molar-refractivity contribution is 0.306. The molecule has 0 radical (unpaired) electrons. The number of hydrogen-bond acceptors (Lipinski definition) is 3. The topological polar surface area (TPSA) is 15.7 Å². The van der Waals surface area contributed by atoms with Gasteiger partial charge in [0.05, 0.1) is 5.41 Å². The first-order chi connectivity index (χ1) is 32.7. The predicted octanol–water partition coefficient (Wildman–Crippen LogP) is 17.4. The van der Waals surface area contributed by atoms with Crippen LogP contribution in [0.5, 0.6) is 5.75 Å². The Morgan fingerprint density at radius 1 is 0.448 bits per heavy atom. The summed E-state index contributed by atoms with van der Waals surface area (Å²) >= 11 is 0. The van der Waals surface area contributed by atoms with E-state index in [-0.39, 0.29) is 5.41 Å². The van der Waals surface area contributed by atoms with Gasteiger partial charge in [-0.15, -0.1) is 0 Å². The van der Waals surface area contributed by atoms with Crippen LogP contribution < -0.4 is 14.5 Å². The number of nitrogens with zero attached hydrogens (tertiary/aromatic N) is 2. The lowest BCUT2D eigenvalue weighted by Gasteiger charge is -2.35. The normalized spacial score (nSPS) is 13.0. The molecule has 3 heteroatoms. The summed E-state index contributed by atoms with van der Waals surface area (Å²) in [6, 6.07) is 84.2. The number of rotatable bonds is 13. The molecule has 1 aliphatic carbocycles. The van der Waals surface area contributed by atoms with Crippen molar-refractivity contribution in [2.24, 2.45) is 0 Å². The van der Waals surface area contributed by atoms with Gasteiger partial charge in [0.25, 0.3) is 0 Å². The van der Waals surface area contributed by atoms with Crippen LogP contribution in [0.3, 0.4) is 0 Å². The molecule has 0 saturated heterocycles. The smallest absolute Gasteiger partial charge is 0.119 e. The first kappa shape index (κ1) is 43.3. The maximum absolute atomic E-state index is 6.51. The Labute approximate surface area is 397 Å². The zero-order chi connectivity index (χ0) is 46.0. The van der Waals surface area contributed by atoms with Crippen LogP contribution in [-0.2, 0) is 17.4 Å². The van der Waals surface area contributed by atoms with Crippen molar-refractivity contribution >= 4 is 34.1 Å². The molecule has 10 rings (SSSR count). The van der Waals surface area contributed by atoms with Gasteiger partial charge < -0.3 is 14.5 Å². The Morgan fingerprint density at radius 2 is 0.851 bits per heavy atom. The van der Waals surface area contributed by atoms with Crippen molar-refractivity contribution in [2.45, 2.75) is 64.4 Å². The molecule has 1 aliphatic rings. The molecule has 67 heavy (non-hydrogen) atoms. The van der Waals surface area contributed by atoms with Crippen LogP contribution in [0, 0.1) is 0 Å². The Morgan fingerprint density at radius 3 is 1.24 bits per heavy atom. The largest absolute Gasteiger partial charge is 0.489 e. The van der Waals surface area contributed by atoms with Crippen LogP contribution in [0.25, 0.3) is 11.1 Å². The highest BCUT2D eigenvalue weighted by Crippen LogP contribution is 2.58. The van der Waals surface area contributed by atoms with E-state index in [1.807, 2.05) is 0 Å². The van der Waals surface area contributed by atoms with Gasteiger partial charge in [0.2, 0.25) is 0 Å². The van der Waals surface area contributed by atoms with Gasteiger partial charge in [-0.3, -0.25) is 0 Å². The molecule has 1 atom stereocenters. The van der Waals surface area contributed by atoms with E-state index in [4.69, 9.17) is 4.74 Å². The Balaban J connectivity index is 1.18. The minimum atomic E-state index is -0.642. The minimum Gasteiger partial charge on any atom is -0.489 e. The van der Waals surface area contributed by atoms with Crippen molar-refractivity contribution in [1.29, 1.82) is 0 Å². The van der Waals surface area contributed by atoms with E-state index in [9.17, 15) is 0 Å². The monoisotopic (exact) mass is 870 g/mol. The molecular formula is C64H58N2O. The highest BCUT2D eigenvalue weighted by molar-refractivity contribution is 5.93. The van der Waals surface area contributed by atoms with Gasteiger partial charge in [0.1, 0.15) is 12.4 Å². The van der Waals surface area contributed by atoms with Crippen LogP contribution in [0.15, 0.2) is 231 Å². The van der Waals surface area contributed by atoms with E-state index in [2.05, 4.69) is 275 Å². The Hall–Kier alpha value is -7.62. The summed E-state index contributed by atoms with van der Waals surface area (Å²) in [6.45, 7) is 11.9. The SMILES string of the molecule is CCC(C)c1ccc(COc2ccc(C3(c4ccc(C(C)(C)C)cc4)c4ccc(N(c5ccccc5)c5ccccc5)cc4-c4cc(N(c5ccccc5)c5ccccc5)ccc43)cc2)cc1. The van der Waals surface area contributed by atoms with Crippen molar-refractivity contribution < 1.29 is 4.74 Å². The number of benzene rings is 9. The van der Waals surface area contributed by atoms with Gasteiger partial charge in [-0.2, -0.15) is 0 Å². The molecule has 0 saturated carbocycles. The van der Waals surface area contributed by atoms with E-state index in [0.29, 0.717) is 12.5 Å². The molecule has 0 spiro atoms. The van der Waals surface area contributed by atoms with Gasteiger partial charge >= 0.3 is 0 Å². The van der Waals surface area contributed by atoms with Crippen molar-refractivity contribution in [2.75, 3.05) is 9.80 Å². The fourth-order valence-electron chi connectivity index (χ4n) is 9.94. The summed E-state index contributed by atoms with van der Waals surface area (Å²) in [5.41, 5.74) is 17.1. The second-order valence-corrected chi connectivity index (χ2v) is 18.9. The van der Waals surface area contributed by atoms with Gasteiger partial charge in [0.15, 0.2) is 0 Å². The summed E-state index contributed by atoms with van der Waals surface area (Å²) in [5.74, 6) is 1.39. The summed E-state index contributed by atoms with van der Waals surface area (Å²) in [5, 5.41) is 0. The standard InChI is InChI=1S/C64H58N2O/c1-6-46(2)48-29-27-47(28-30-48)45-67-58-39-35-51(36-40-58)64(50-33-31-49(32-34-50)63(3,4)5)61-41-37-56(65(52-19-11-7-12-20-52)53-21-13-8-14-22-53)43-59(61)60-44-57(38-42-62(60)64)66(54-23-15-9-16-24-54)55-25-17-10-18-26-55/h7-44,46H,6,45H2,1-5H3. The van der Waals surface area contributed by atoms with Crippen molar-refractivity contribution in [3.05, 3.63) is 269 Å². The van der Waals surface area contributed by atoms with E-state index >= 15 is 0 Å². The summed E-state index contributed by atoms with van der Waals surface area (Å²) in [7, 11) is 0. The minimum absolute atomic E-state index is 0.00517. The number of hydrogen-bond donors (Lipinski definition) is 0. The van der Waals surface area contributed by atoms with Crippen LogP contribution in [0.2, 0.25) is 0 Å². The molecule has 9 aromatic rings. The molecule has 3 nitrogen and oxygen atoms in total. The van der Waals surface area contributed by atoms with E-state index in [0.717, 1.165) is 51.9 Å². The van der Waals surface area contributed by atoms with Gasteiger partial charge in [-0.1, -0.05) is 180 Å². The van der Waals surface area contributed by atoms with Gasteiger partial charge in [-0.25, -0.2) is 0 Å². The number of anilines is 6. The molecule has 1 unspecified atom stereocenters. The zero-order valence-corrected chi connectivity index (χ0v) is 39.2. The molecule has 0 amide bonds. The first-order valence-electron chi connectivity index (χ1n) is 23.8. The first-order valence-corrected chi connectivity index (χ1v) is 23.8. The lowest BCUT2D eigenvalue weighted by Crippen LogP contribution is -2.29. The van der Waals surface area contributed by atoms with Gasteiger partial charge in [-0.05, 0) is 153 Å². The van der Waals surface area contributed by atoms with Crippen LogP contribution in [-0.4, -0.2) is 0 Å². The summed E-state index contributed by atoms with van der Waals surface area (Å²) in [6.07, 6.45) is 1.13. The molecule has 9 aromatic carbocycles. The third-order valence-corrected chi connectivity index (χ3v) is 13.7. The predicted molar refractivity (Wildman–Crippen MR) is 281 cm³/mol. The quantitative estimate of drug-likeness (QED) is 0.115. The third-order valence-electron chi connectivity index (χ3n) is 13.7. The summed E-state index contributed by atoms with van der Waals surface area (Å²) in [4.78, 5) is 4.73. The highest BCUT2D eigenvalue weighted by atomic mass is 16.5. The van der Waals surface area contributed by atoms with E-state index < -0.39 is 5.41 Å². The second kappa shape index (κ2) is 18.3. The molecule has 0 aliphatic heterocycles. The Bertz CT molecular complexity index is 2860. The molecular weight excluding hydrogens is 813 g/mol. The third kappa shape index (κ3) is 8.32. The summed E-state index contributed by atoms with van der Waals surface area (Å²) < 4.78 is 6.51. The van der Waals surface area contributed by atoms with E-state index in [1.54, 1.807) is 0 Å². The Kier molecular flexibility index (Phi) is 11.8. The number of ether oxygens (including phenoxy) is 1. The second-order valence-electron chi connectivity index (χ2n) is 18.9. The fraction of sp³-hybridized carbons (Fsp3) is 0.156. The molecule has 0 aromatic heterocycles. The van der Waals surface area contributed by atoms with Gasteiger partial charge in [0, 0.05) is 34.1 Å². The van der Waals surface area contributed by atoms with Crippen molar-refractivity contribution in [1.82, 2.24) is 0 Å². The van der Waals surface area contributed by atoms with Crippen molar-refractivity contribution in [3.8, 4) is 16.9 Å². The average Bonchev–Trinajstić information content (AvgIpc) is 3.67. The lowest BCUT2D eigenvalue weighted by atomic mass is 9.67. The molecule has 330 valence electrons. The van der Waals surface area contributed by atoms with E-state index in [1.165, 1.54) is 44.5 Å². The fourth-order valence-corrected chi connectivity index (χ4v) is 9.94. The maximum atomic E-state index is 6.51.